The summed E-state index contributed by atoms with van der Waals surface area (Å²) in [7, 11) is 0. The first-order chi connectivity index (χ1) is 12.6. The van der Waals surface area contributed by atoms with E-state index < -0.39 is 5.91 Å². The van der Waals surface area contributed by atoms with Crippen LogP contribution in [0.3, 0.4) is 0 Å². The summed E-state index contributed by atoms with van der Waals surface area (Å²) in [6.45, 7) is 3.89. The van der Waals surface area contributed by atoms with Crippen LogP contribution in [0.4, 0.5) is 0 Å². The third-order valence-corrected chi connectivity index (χ3v) is 4.20. The number of hydrogen-bond donors (Lipinski definition) is 1. The van der Waals surface area contributed by atoms with Crippen molar-refractivity contribution in [3.05, 3.63) is 60.4 Å². The quantitative estimate of drug-likeness (QED) is 0.589. The number of para-hydroxylation sites is 1. The van der Waals surface area contributed by atoms with Gasteiger partial charge < -0.3 is 14.9 Å². The van der Waals surface area contributed by atoms with Gasteiger partial charge in [-0.3, -0.25) is 9.78 Å². The SMILES string of the molecule is CC(C)Oc1cc(-c2cccnc2)c(C(N)=O)c2c1oc1ccccc12. The van der Waals surface area contributed by atoms with Crippen molar-refractivity contribution in [2.24, 2.45) is 5.73 Å². The average molecular weight is 346 g/mol. The molecule has 0 spiro atoms. The first-order valence-electron chi connectivity index (χ1n) is 8.41. The van der Waals surface area contributed by atoms with Crippen LogP contribution < -0.4 is 10.5 Å². The Hall–Kier alpha value is -3.34. The second-order valence-electron chi connectivity index (χ2n) is 6.37. The van der Waals surface area contributed by atoms with Gasteiger partial charge in [-0.05, 0) is 32.0 Å². The van der Waals surface area contributed by atoms with E-state index in [1.54, 1.807) is 12.4 Å². The summed E-state index contributed by atoms with van der Waals surface area (Å²) in [5.74, 6) is 0.0616. The highest BCUT2D eigenvalue weighted by Crippen LogP contribution is 2.42. The highest BCUT2D eigenvalue weighted by molar-refractivity contribution is 6.20. The molecule has 4 aromatic rings. The van der Waals surface area contributed by atoms with Crippen molar-refractivity contribution >= 4 is 27.8 Å². The first kappa shape index (κ1) is 16.1. The molecule has 4 rings (SSSR count). The van der Waals surface area contributed by atoms with E-state index in [0.717, 1.165) is 10.9 Å². The molecule has 0 fully saturated rings. The molecule has 0 aliphatic rings. The molecule has 5 heteroatoms. The molecule has 0 radical (unpaired) electrons. The van der Waals surface area contributed by atoms with Crippen LogP contribution in [0.1, 0.15) is 24.2 Å². The molecule has 1 amide bonds. The van der Waals surface area contributed by atoms with Gasteiger partial charge in [0.2, 0.25) is 5.91 Å². The fraction of sp³-hybridized carbons (Fsp3) is 0.143. The number of furan rings is 1. The maximum atomic E-state index is 12.4. The molecule has 0 saturated heterocycles. The lowest BCUT2D eigenvalue weighted by Gasteiger charge is -2.15. The second kappa shape index (κ2) is 6.19. The Morgan fingerprint density at radius 2 is 2.00 bits per heavy atom. The first-order valence-corrected chi connectivity index (χ1v) is 8.41. The van der Waals surface area contributed by atoms with Crippen LogP contribution in [-0.4, -0.2) is 17.0 Å². The lowest BCUT2D eigenvalue weighted by atomic mass is 9.95. The number of aromatic nitrogens is 1. The maximum Gasteiger partial charge on any atom is 0.250 e. The number of nitrogens with zero attached hydrogens (tertiary/aromatic N) is 1. The van der Waals surface area contributed by atoms with Crippen LogP contribution in [-0.2, 0) is 0 Å². The molecule has 2 aromatic heterocycles. The molecule has 0 unspecified atom stereocenters. The van der Waals surface area contributed by atoms with Crippen LogP contribution in [0.25, 0.3) is 33.1 Å². The van der Waals surface area contributed by atoms with E-state index in [2.05, 4.69) is 4.98 Å². The summed E-state index contributed by atoms with van der Waals surface area (Å²) in [5, 5.41) is 1.50. The summed E-state index contributed by atoms with van der Waals surface area (Å²) in [5.41, 5.74) is 8.87. The topological polar surface area (TPSA) is 78.4 Å². The molecule has 2 heterocycles. The summed E-state index contributed by atoms with van der Waals surface area (Å²) >= 11 is 0. The fourth-order valence-electron chi connectivity index (χ4n) is 3.22. The molecule has 2 aromatic carbocycles. The number of benzene rings is 2. The zero-order valence-electron chi connectivity index (χ0n) is 14.5. The van der Waals surface area contributed by atoms with Gasteiger partial charge in [0.1, 0.15) is 5.58 Å². The summed E-state index contributed by atoms with van der Waals surface area (Å²) in [6.07, 6.45) is 3.34. The van der Waals surface area contributed by atoms with Crippen LogP contribution in [0.2, 0.25) is 0 Å². The zero-order valence-corrected chi connectivity index (χ0v) is 14.5. The number of hydrogen-bond acceptors (Lipinski definition) is 4. The van der Waals surface area contributed by atoms with Gasteiger partial charge in [-0.25, -0.2) is 0 Å². The Balaban J connectivity index is 2.18. The molecule has 0 aliphatic heterocycles. The number of carbonyl (C=O) groups excluding carboxylic acids is 1. The Morgan fingerprint density at radius 1 is 1.19 bits per heavy atom. The van der Waals surface area contributed by atoms with Gasteiger partial charge in [-0.2, -0.15) is 0 Å². The number of pyridine rings is 1. The number of fused-ring (bicyclic) bond motifs is 3. The van der Waals surface area contributed by atoms with E-state index >= 15 is 0 Å². The molecular weight excluding hydrogens is 328 g/mol. The molecule has 5 nitrogen and oxygen atoms in total. The second-order valence-corrected chi connectivity index (χ2v) is 6.37. The van der Waals surface area contributed by atoms with Gasteiger partial charge >= 0.3 is 0 Å². The standard InChI is InChI=1S/C21H18N2O3/c1-12(2)25-17-10-15(13-6-5-9-23-11-13)19(21(22)24)18-14-7-3-4-8-16(14)26-20(17)18/h3-12H,1-2H3,(H2,22,24). The average Bonchev–Trinajstić information content (AvgIpc) is 3.01. The van der Waals surface area contributed by atoms with E-state index in [1.807, 2.05) is 56.3 Å². The molecule has 0 saturated carbocycles. The number of carbonyl (C=O) groups is 1. The molecule has 2 N–H and O–H groups in total. The summed E-state index contributed by atoms with van der Waals surface area (Å²) < 4.78 is 12.0. The minimum atomic E-state index is -0.517. The minimum Gasteiger partial charge on any atom is -0.487 e. The van der Waals surface area contributed by atoms with Gasteiger partial charge in [0.25, 0.3) is 0 Å². The van der Waals surface area contributed by atoms with Crippen LogP contribution in [0, 0.1) is 0 Å². The molecule has 0 atom stereocenters. The third kappa shape index (κ3) is 2.58. The van der Waals surface area contributed by atoms with Crippen LogP contribution in [0.5, 0.6) is 5.75 Å². The monoisotopic (exact) mass is 346 g/mol. The van der Waals surface area contributed by atoms with Gasteiger partial charge in [-0.1, -0.05) is 24.3 Å². The summed E-state index contributed by atoms with van der Waals surface area (Å²) in [6, 6.07) is 13.1. The largest absolute Gasteiger partial charge is 0.487 e. The van der Waals surface area contributed by atoms with Crippen molar-refractivity contribution < 1.29 is 13.9 Å². The Labute approximate surface area is 150 Å². The fourth-order valence-corrected chi connectivity index (χ4v) is 3.22. The number of nitrogens with two attached hydrogens (primary N) is 1. The minimum absolute atomic E-state index is 0.0485. The van der Waals surface area contributed by atoms with E-state index in [4.69, 9.17) is 14.9 Å². The lowest BCUT2D eigenvalue weighted by molar-refractivity contribution is 0.100. The van der Waals surface area contributed by atoms with Crippen molar-refractivity contribution in [2.45, 2.75) is 20.0 Å². The Kier molecular flexibility index (Phi) is 3.84. The number of rotatable bonds is 4. The van der Waals surface area contributed by atoms with E-state index in [9.17, 15) is 4.79 Å². The normalized spacial score (nSPS) is 11.3. The van der Waals surface area contributed by atoms with Crippen LogP contribution in [0.15, 0.2) is 59.3 Å². The van der Waals surface area contributed by atoms with Crippen molar-refractivity contribution in [3.63, 3.8) is 0 Å². The molecule has 0 bridgehead atoms. The zero-order chi connectivity index (χ0) is 18.3. The third-order valence-electron chi connectivity index (χ3n) is 4.20. The molecular formula is C21H18N2O3. The van der Waals surface area contributed by atoms with Crippen molar-refractivity contribution in [3.8, 4) is 16.9 Å². The molecule has 130 valence electrons. The number of primary amides is 1. The predicted octanol–water partition coefficient (Wildman–Crippen LogP) is 4.53. The Morgan fingerprint density at radius 3 is 2.69 bits per heavy atom. The van der Waals surface area contributed by atoms with Gasteiger partial charge in [0, 0.05) is 34.3 Å². The van der Waals surface area contributed by atoms with Crippen molar-refractivity contribution in [1.82, 2.24) is 4.98 Å². The number of amides is 1. The Bertz CT molecular complexity index is 1110. The van der Waals surface area contributed by atoms with Gasteiger partial charge in [-0.15, -0.1) is 0 Å². The highest BCUT2D eigenvalue weighted by atomic mass is 16.5. The van der Waals surface area contributed by atoms with Gasteiger partial charge in [0.15, 0.2) is 11.3 Å². The summed E-state index contributed by atoms with van der Waals surface area (Å²) in [4.78, 5) is 16.6. The smallest absolute Gasteiger partial charge is 0.250 e. The van der Waals surface area contributed by atoms with Crippen LogP contribution >= 0.6 is 0 Å². The van der Waals surface area contributed by atoms with E-state index in [-0.39, 0.29) is 6.10 Å². The van der Waals surface area contributed by atoms with Crippen molar-refractivity contribution in [1.29, 1.82) is 0 Å². The molecule has 26 heavy (non-hydrogen) atoms. The predicted molar refractivity (Wildman–Crippen MR) is 101 cm³/mol. The maximum absolute atomic E-state index is 12.4. The van der Waals surface area contributed by atoms with E-state index in [0.29, 0.717) is 33.4 Å². The number of ether oxygens (including phenoxy) is 1. The van der Waals surface area contributed by atoms with Gasteiger partial charge in [0.05, 0.1) is 11.7 Å². The highest BCUT2D eigenvalue weighted by Gasteiger charge is 2.24. The van der Waals surface area contributed by atoms with E-state index in [1.165, 1.54) is 0 Å². The molecule has 0 aliphatic carbocycles. The lowest BCUT2D eigenvalue weighted by Crippen LogP contribution is -2.14. The van der Waals surface area contributed by atoms with Crippen molar-refractivity contribution in [2.75, 3.05) is 0 Å².